The normalized spacial score (nSPS) is 11.8. The summed E-state index contributed by atoms with van der Waals surface area (Å²) in [5.41, 5.74) is 0. The molecule has 19 heavy (non-hydrogen) atoms. The van der Waals surface area contributed by atoms with Gasteiger partial charge in [-0.05, 0) is 24.8 Å². The third-order valence-corrected chi connectivity index (χ3v) is 2.77. The first-order valence-electron chi connectivity index (χ1n) is 7.64. The molecule has 0 amide bonds. The van der Waals surface area contributed by atoms with Gasteiger partial charge in [-0.15, -0.1) is 0 Å². The Hall–Kier alpha value is -1.05. The van der Waals surface area contributed by atoms with E-state index in [0.717, 1.165) is 6.42 Å². The lowest BCUT2D eigenvalue weighted by molar-refractivity contribution is -0.143. The van der Waals surface area contributed by atoms with Crippen LogP contribution in [0.15, 0.2) is 24.3 Å². The predicted molar refractivity (Wildman–Crippen MR) is 82.1 cm³/mol. The number of carbonyl (C=O) groups is 1. The van der Waals surface area contributed by atoms with Gasteiger partial charge in [0, 0.05) is 6.42 Å². The van der Waals surface area contributed by atoms with Crippen molar-refractivity contribution >= 4 is 5.97 Å². The highest BCUT2D eigenvalue weighted by Crippen LogP contribution is 2.05. The van der Waals surface area contributed by atoms with Gasteiger partial charge in [-0.1, -0.05) is 64.7 Å². The first-order chi connectivity index (χ1) is 9.16. The van der Waals surface area contributed by atoms with E-state index >= 15 is 0 Å². The monoisotopic (exact) mass is 266 g/mol. The molecule has 2 heteroatoms. The average Bonchev–Trinajstić information content (AvgIpc) is 2.35. The summed E-state index contributed by atoms with van der Waals surface area (Å²) in [4.78, 5) is 11.2. The zero-order valence-corrected chi connectivity index (χ0v) is 12.9. The fourth-order valence-corrected chi connectivity index (χ4v) is 1.71. The van der Waals surface area contributed by atoms with Crippen molar-refractivity contribution in [1.29, 1.82) is 0 Å². The van der Waals surface area contributed by atoms with Crippen LogP contribution in [-0.4, -0.2) is 12.6 Å². The van der Waals surface area contributed by atoms with Crippen molar-refractivity contribution in [3.8, 4) is 0 Å². The fourth-order valence-electron chi connectivity index (χ4n) is 1.71. The summed E-state index contributed by atoms with van der Waals surface area (Å²) >= 11 is 0. The van der Waals surface area contributed by atoms with Crippen LogP contribution >= 0.6 is 0 Å². The molecule has 2 nitrogen and oxygen atoms in total. The highest BCUT2D eigenvalue weighted by Gasteiger charge is 2.03. The van der Waals surface area contributed by atoms with Crippen molar-refractivity contribution in [1.82, 2.24) is 0 Å². The molecule has 0 saturated heterocycles. The number of carbonyl (C=O) groups excluding carboxylic acids is 1. The first kappa shape index (κ1) is 17.9. The van der Waals surface area contributed by atoms with Crippen molar-refractivity contribution in [3.63, 3.8) is 0 Å². The summed E-state index contributed by atoms with van der Waals surface area (Å²) in [6.45, 7) is 6.64. The summed E-state index contributed by atoms with van der Waals surface area (Å²) in [6.07, 6.45) is 16.3. The molecular formula is C17H30O2. The number of hydrogen-bond acceptors (Lipinski definition) is 2. The maximum Gasteiger partial charge on any atom is 0.306 e. The Morgan fingerprint density at radius 1 is 1.05 bits per heavy atom. The van der Waals surface area contributed by atoms with E-state index in [2.05, 4.69) is 13.0 Å². The fraction of sp³-hybridized carbons (Fsp3) is 0.706. The average molecular weight is 266 g/mol. The summed E-state index contributed by atoms with van der Waals surface area (Å²) in [5, 5.41) is 0. The van der Waals surface area contributed by atoms with Gasteiger partial charge < -0.3 is 4.74 Å². The number of hydrogen-bond donors (Lipinski definition) is 0. The molecule has 0 saturated carbocycles. The standard InChI is InChI=1S/C17H30O2/c1-4-5-6-7-8-9-10-11-12-13-14-19-17(18)15-16(2)3/h10-13,16H,4-9,14-15H2,1-3H3/b11-10+,13-12+. The van der Waals surface area contributed by atoms with Gasteiger partial charge in [0.1, 0.15) is 6.61 Å². The van der Waals surface area contributed by atoms with E-state index in [1.54, 1.807) is 0 Å². The van der Waals surface area contributed by atoms with Gasteiger partial charge >= 0.3 is 5.97 Å². The predicted octanol–water partition coefficient (Wildman–Crippen LogP) is 5.05. The third kappa shape index (κ3) is 14.9. The van der Waals surface area contributed by atoms with Crippen LogP contribution in [0.25, 0.3) is 0 Å². The largest absolute Gasteiger partial charge is 0.461 e. The van der Waals surface area contributed by atoms with Crippen molar-refractivity contribution in [2.75, 3.05) is 6.61 Å². The second-order valence-electron chi connectivity index (χ2n) is 5.34. The van der Waals surface area contributed by atoms with Crippen molar-refractivity contribution in [2.45, 2.75) is 65.7 Å². The molecule has 0 atom stereocenters. The summed E-state index contributed by atoms with van der Waals surface area (Å²) < 4.78 is 5.07. The van der Waals surface area contributed by atoms with E-state index in [0.29, 0.717) is 18.9 Å². The lowest BCUT2D eigenvalue weighted by atomic mass is 10.1. The molecule has 0 aliphatic carbocycles. The number of rotatable bonds is 11. The molecule has 0 aromatic rings. The maximum atomic E-state index is 11.2. The van der Waals surface area contributed by atoms with Gasteiger partial charge in [-0.25, -0.2) is 0 Å². The van der Waals surface area contributed by atoms with Gasteiger partial charge in [0.25, 0.3) is 0 Å². The van der Waals surface area contributed by atoms with Gasteiger partial charge in [0.15, 0.2) is 0 Å². The minimum absolute atomic E-state index is 0.112. The van der Waals surface area contributed by atoms with Crippen LogP contribution in [0, 0.1) is 5.92 Å². The summed E-state index contributed by atoms with van der Waals surface area (Å²) in [5.74, 6) is 0.253. The molecule has 0 bridgehead atoms. The molecule has 0 N–H and O–H groups in total. The van der Waals surface area contributed by atoms with Gasteiger partial charge in [-0.3, -0.25) is 4.79 Å². The number of allylic oxidation sites excluding steroid dienone is 3. The molecule has 0 unspecified atom stereocenters. The Morgan fingerprint density at radius 2 is 1.74 bits per heavy atom. The lowest BCUT2D eigenvalue weighted by Gasteiger charge is -2.03. The zero-order valence-electron chi connectivity index (χ0n) is 12.9. The smallest absolute Gasteiger partial charge is 0.306 e. The highest BCUT2D eigenvalue weighted by molar-refractivity contribution is 5.69. The van der Waals surface area contributed by atoms with Crippen LogP contribution in [0.1, 0.15) is 65.7 Å². The molecular weight excluding hydrogens is 236 g/mol. The van der Waals surface area contributed by atoms with Crippen LogP contribution in [-0.2, 0) is 9.53 Å². The number of esters is 1. The van der Waals surface area contributed by atoms with Gasteiger partial charge in [0.2, 0.25) is 0 Å². The number of unbranched alkanes of at least 4 members (excludes halogenated alkanes) is 5. The molecule has 0 rings (SSSR count). The van der Waals surface area contributed by atoms with Crippen LogP contribution in [0.3, 0.4) is 0 Å². The zero-order chi connectivity index (χ0) is 14.3. The highest BCUT2D eigenvalue weighted by atomic mass is 16.5. The molecule has 0 fully saturated rings. The number of ether oxygens (including phenoxy) is 1. The minimum atomic E-state index is -0.112. The Morgan fingerprint density at radius 3 is 2.42 bits per heavy atom. The van der Waals surface area contributed by atoms with E-state index in [-0.39, 0.29) is 5.97 Å². The molecule has 0 spiro atoms. The molecule has 0 heterocycles. The van der Waals surface area contributed by atoms with Gasteiger partial charge in [0.05, 0.1) is 0 Å². The summed E-state index contributed by atoms with van der Waals surface area (Å²) in [7, 11) is 0. The van der Waals surface area contributed by atoms with Crippen LogP contribution in [0.2, 0.25) is 0 Å². The quantitative estimate of drug-likeness (QED) is 0.297. The van der Waals surface area contributed by atoms with Crippen LogP contribution < -0.4 is 0 Å². The minimum Gasteiger partial charge on any atom is -0.461 e. The second kappa shape index (κ2) is 13.4. The molecule has 0 radical (unpaired) electrons. The van der Waals surface area contributed by atoms with Crippen LogP contribution in [0.4, 0.5) is 0 Å². The molecule has 110 valence electrons. The topological polar surface area (TPSA) is 26.3 Å². The van der Waals surface area contributed by atoms with Crippen molar-refractivity contribution in [2.24, 2.45) is 5.92 Å². The first-order valence-corrected chi connectivity index (χ1v) is 7.64. The Bertz CT molecular complexity index is 264. The van der Waals surface area contributed by atoms with E-state index in [1.165, 1.54) is 32.1 Å². The SMILES string of the molecule is CCCCCCC/C=C/C=C/COC(=O)CC(C)C. The summed E-state index contributed by atoms with van der Waals surface area (Å²) in [6, 6.07) is 0. The van der Waals surface area contributed by atoms with E-state index < -0.39 is 0 Å². The molecule has 0 aromatic heterocycles. The van der Waals surface area contributed by atoms with Crippen molar-refractivity contribution in [3.05, 3.63) is 24.3 Å². The maximum absolute atomic E-state index is 11.2. The molecule has 0 aliphatic heterocycles. The lowest BCUT2D eigenvalue weighted by Crippen LogP contribution is -2.07. The Labute approximate surface area is 118 Å². The third-order valence-electron chi connectivity index (χ3n) is 2.77. The van der Waals surface area contributed by atoms with E-state index in [4.69, 9.17) is 4.74 Å². The molecule has 0 aliphatic rings. The Kier molecular flexibility index (Phi) is 12.6. The van der Waals surface area contributed by atoms with Crippen LogP contribution in [0.5, 0.6) is 0 Å². The van der Waals surface area contributed by atoms with Crippen molar-refractivity contribution < 1.29 is 9.53 Å². The van der Waals surface area contributed by atoms with Gasteiger partial charge in [-0.2, -0.15) is 0 Å². The van der Waals surface area contributed by atoms with E-state index in [1.807, 2.05) is 32.1 Å². The Balaban J connectivity index is 3.39. The molecule has 0 aromatic carbocycles. The van der Waals surface area contributed by atoms with E-state index in [9.17, 15) is 4.79 Å². The second-order valence-corrected chi connectivity index (χ2v) is 5.34.